The van der Waals surface area contributed by atoms with Crippen molar-refractivity contribution in [1.82, 2.24) is 9.78 Å². The molecule has 0 spiro atoms. The maximum absolute atomic E-state index is 11.4. The van der Waals surface area contributed by atoms with Crippen molar-refractivity contribution in [3.05, 3.63) is 23.9 Å². The van der Waals surface area contributed by atoms with Gasteiger partial charge in [0.25, 0.3) is 0 Å². The Hall–Kier alpha value is -2.04. The Kier molecular flexibility index (Phi) is 3.32. The van der Waals surface area contributed by atoms with Crippen molar-refractivity contribution in [2.75, 3.05) is 18.0 Å². The Balaban J connectivity index is 1.75. The molecule has 5 heteroatoms. The van der Waals surface area contributed by atoms with Crippen LogP contribution >= 0.6 is 0 Å². The van der Waals surface area contributed by atoms with Crippen LogP contribution in [0.25, 0.3) is 10.9 Å². The van der Waals surface area contributed by atoms with E-state index in [1.165, 1.54) is 24.9 Å². The van der Waals surface area contributed by atoms with E-state index in [1.54, 1.807) is 0 Å². The van der Waals surface area contributed by atoms with Gasteiger partial charge in [-0.15, -0.1) is 0 Å². The molecule has 0 unspecified atom stereocenters. The van der Waals surface area contributed by atoms with Crippen LogP contribution in [0.3, 0.4) is 0 Å². The first-order valence-corrected chi connectivity index (χ1v) is 8.55. The van der Waals surface area contributed by atoms with Gasteiger partial charge in [0.1, 0.15) is 0 Å². The molecule has 1 aliphatic carbocycles. The lowest BCUT2D eigenvalue weighted by molar-refractivity contribution is 0.0691. The molecule has 5 nitrogen and oxygen atoms in total. The summed E-state index contributed by atoms with van der Waals surface area (Å²) < 4.78 is 1.83. The zero-order chi connectivity index (χ0) is 16.1. The third-order valence-corrected chi connectivity index (χ3v) is 5.47. The monoisotopic (exact) mass is 313 g/mol. The molecule has 1 saturated carbocycles. The number of carboxylic acid groups (broad SMARTS) is 1. The van der Waals surface area contributed by atoms with Crippen molar-refractivity contribution < 1.29 is 9.90 Å². The summed E-state index contributed by atoms with van der Waals surface area (Å²) >= 11 is 0. The van der Waals surface area contributed by atoms with Crippen molar-refractivity contribution in [1.29, 1.82) is 0 Å². The van der Waals surface area contributed by atoms with E-state index in [9.17, 15) is 9.90 Å². The summed E-state index contributed by atoms with van der Waals surface area (Å²) in [6.07, 6.45) is 4.09. The van der Waals surface area contributed by atoms with E-state index in [0.29, 0.717) is 0 Å². The lowest BCUT2D eigenvalue weighted by Gasteiger charge is -2.20. The van der Waals surface area contributed by atoms with Crippen LogP contribution in [0.15, 0.2) is 18.2 Å². The summed E-state index contributed by atoms with van der Waals surface area (Å²) in [6.45, 7) is 6.34. The van der Waals surface area contributed by atoms with Crippen LogP contribution in [-0.2, 0) is 0 Å². The highest BCUT2D eigenvalue weighted by Crippen LogP contribution is 2.40. The zero-order valence-corrected chi connectivity index (χ0v) is 13.7. The molecule has 1 N–H and O–H groups in total. The lowest BCUT2D eigenvalue weighted by Crippen LogP contribution is -2.20. The van der Waals surface area contributed by atoms with Crippen molar-refractivity contribution in [3.8, 4) is 0 Å². The molecule has 0 amide bonds. The third-order valence-electron chi connectivity index (χ3n) is 5.47. The third kappa shape index (κ3) is 2.30. The van der Waals surface area contributed by atoms with E-state index in [1.807, 2.05) is 24.6 Å². The Labute approximate surface area is 135 Å². The minimum atomic E-state index is -0.960. The van der Waals surface area contributed by atoms with Crippen LogP contribution in [0.5, 0.6) is 0 Å². The minimum absolute atomic E-state index is 0.138. The van der Waals surface area contributed by atoms with Gasteiger partial charge in [0.05, 0.1) is 5.52 Å². The highest BCUT2D eigenvalue weighted by Gasteiger charge is 2.36. The fourth-order valence-corrected chi connectivity index (χ4v) is 4.32. The molecule has 1 saturated heterocycles. The summed E-state index contributed by atoms with van der Waals surface area (Å²) in [7, 11) is 0. The summed E-state index contributed by atoms with van der Waals surface area (Å²) in [5.41, 5.74) is 2.27. The second-order valence-electron chi connectivity index (χ2n) is 7.25. The number of aromatic carboxylic acids is 1. The number of fused-ring (bicyclic) bond motifs is 2. The van der Waals surface area contributed by atoms with Gasteiger partial charge in [0, 0.05) is 30.2 Å². The summed E-state index contributed by atoms with van der Waals surface area (Å²) in [6, 6.07) is 6.24. The molecule has 2 fully saturated rings. The number of hydrogen-bond acceptors (Lipinski definition) is 3. The van der Waals surface area contributed by atoms with Crippen molar-refractivity contribution in [2.24, 2.45) is 11.8 Å². The lowest BCUT2D eigenvalue weighted by atomic mass is 10.0. The number of carbonyl (C=O) groups is 1. The molecule has 1 aromatic carbocycles. The predicted octanol–water partition coefficient (Wildman–Crippen LogP) is 3.55. The number of benzene rings is 1. The van der Waals surface area contributed by atoms with Crippen LogP contribution in [0.1, 0.15) is 49.6 Å². The molecule has 0 bridgehead atoms. The smallest absolute Gasteiger partial charge is 0.357 e. The van der Waals surface area contributed by atoms with Crippen molar-refractivity contribution >= 4 is 22.6 Å². The van der Waals surface area contributed by atoms with Gasteiger partial charge in [-0.1, -0.05) is 6.42 Å². The number of rotatable bonds is 3. The summed E-state index contributed by atoms with van der Waals surface area (Å²) in [4.78, 5) is 13.9. The van der Waals surface area contributed by atoms with Gasteiger partial charge in [-0.3, -0.25) is 4.68 Å². The molecular weight excluding hydrogens is 290 g/mol. The zero-order valence-electron chi connectivity index (χ0n) is 13.7. The van der Waals surface area contributed by atoms with Crippen molar-refractivity contribution in [2.45, 2.75) is 39.2 Å². The van der Waals surface area contributed by atoms with Gasteiger partial charge in [-0.25, -0.2) is 4.79 Å². The first-order valence-electron chi connectivity index (χ1n) is 8.55. The molecule has 1 aromatic heterocycles. The van der Waals surface area contributed by atoms with Gasteiger partial charge < -0.3 is 10.0 Å². The summed E-state index contributed by atoms with van der Waals surface area (Å²) in [5.74, 6) is 0.725. The van der Waals surface area contributed by atoms with Crippen LogP contribution in [-0.4, -0.2) is 33.9 Å². The molecule has 2 aliphatic rings. The quantitative estimate of drug-likeness (QED) is 0.941. The predicted molar refractivity (Wildman–Crippen MR) is 90.1 cm³/mol. The Morgan fingerprint density at radius 3 is 2.57 bits per heavy atom. The van der Waals surface area contributed by atoms with Gasteiger partial charge in [-0.05, 0) is 56.7 Å². The van der Waals surface area contributed by atoms with E-state index in [-0.39, 0.29) is 11.7 Å². The highest BCUT2D eigenvalue weighted by molar-refractivity contribution is 6.02. The number of aromatic nitrogens is 2. The van der Waals surface area contributed by atoms with Crippen molar-refractivity contribution in [3.63, 3.8) is 0 Å². The molecular formula is C18H23N3O2. The normalized spacial score (nSPS) is 23.9. The Morgan fingerprint density at radius 1 is 1.26 bits per heavy atom. The standard InChI is InChI=1S/C18H23N3O2/c1-11(2)21-16-8-14(6-7-15(16)17(19-21)18(22)23)20-9-12-4-3-5-13(12)10-20/h6-8,11-13H,3-5,9-10H2,1-2H3,(H,22,23)/t12-,13+. The summed E-state index contributed by atoms with van der Waals surface area (Å²) in [5, 5.41) is 14.4. The maximum atomic E-state index is 11.4. The largest absolute Gasteiger partial charge is 0.476 e. The molecule has 0 radical (unpaired) electrons. The molecule has 2 atom stereocenters. The highest BCUT2D eigenvalue weighted by atomic mass is 16.4. The molecule has 2 heterocycles. The van der Waals surface area contributed by atoms with E-state index in [4.69, 9.17) is 0 Å². The first-order chi connectivity index (χ1) is 11.0. The number of hydrogen-bond donors (Lipinski definition) is 1. The number of nitrogens with zero attached hydrogens (tertiary/aromatic N) is 3. The SMILES string of the molecule is CC(C)n1nc(C(=O)O)c2ccc(N3C[C@H]4CCC[C@H]4C3)cc21. The van der Waals surface area contributed by atoms with Gasteiger partial charge in [-0.2, -0.15) is 5.10 Å². The molecule has 122 valence electrons. The average Bonchev–Trinajstić information content (AvgIpc) is 3.18. The minimum Gasteiger partial charge on any atom is -0.476 e. The fraction of sp³-hybridized carbons (Fsp3) is 0.556. The van der Waals surface area contributed by atoms with E-state index in [0.717, 1.165) is 35.8 Å². The Morgan fingerprint density at radius 2 is 1.96 bits per heavy atom. The molecule has 2 aromatic rings. The first kappa shape index (κ1) is 14.5. The fourth-order valence-electron chi connectivity index (χ4n) is 4.32. The van der Waals surface area contributed by atoms with Gasteiger partial charge in [0.15, 0.2) is 5.69 Å². The van der Waals surface area contributed by atoms with E-state index in [2.05, 4.69) is 22.1 Å². The van der Waals surface area contributed by atoms with Gasteiger partial charge >= 0.3 is 5.97 Å². The van der Waals surface area contributed by atoms with Crippen LogP contribution in [0, 0.1) is 11.8 Å². The second-order valence-corrected chi connectivity index (χ2v) is 7.25. The molecule has 4 rings (SSSR count). The topological polar surface area (TPSA) is 58.4 Å². The number of anilines is 1. The second kappa shape index (κ2) is 5.25. The van der Waals surface area contributed by atoms with E-state index >= 15 is 0 Å². The van der Waals surface area contributed by atoms with E-state index < -0.39 is 5.97 Å². The average molecular weight is 313 g/mol. The maximum Gasteiger partial charge on any atom is 0.357 e. The number of carboxylic acids is 1. The van der Waals surface area contributed by atoms with Gasteiger partial charge in [0.2, 0.25) is 0 Å². The van der Waals surface area contributed by atoms with Crippen LogP contribution in [0.2, 0.25) is 0 Å². The van der Waals surface area contributed by atoms with Crippen LogP contribution in [0.4, 0.5) is 5.69 Å². The molecule has 1 aliphatic heterocycles. The van der Waals surface area contributed by atoms with Crippen LogP contribution < -0.4 is 4.90 Å². The Bertz CT molecular complexity index is 753. The molecule has 23 heavy (non-hydrogen) atoms.